The molecule has 1 rings (SSSR count). The molecule has 2 unspecified atom stereocenters. The summed E-state index contributed by atoms with van der Waals surface area (Å²) >= 11 is 0. The van der Waals surface area contributed by atoms with Crippen LogP contribution in [0.4, 0.5) is 4.79 Å². The van der Waals surface area contributed by atoms with E-state index in [1.54, 1.807) is 26.8 Å². The smallest absolute Gasteiger partial charge is 0.407 e. The number of benzene rings is 1. The van der Waals surface area contributed by atoms with Crippen molar-refractivity contribution in [2.75, 3.05) is 13.7 Å². The Balaban J connectivity index is 2.58. The molecule has 0 aromatic heterocycles. The molecule has 0 heterocycles. The molecule has 132 valence electrons. The number of amides is 1. The van der Waals surface area contributed by atoms with Crippen molar-refractivity contribution in [3.05, 3.63) is 29.3 Å². The second-order valence-electron chi connectivity index (χ2n) is 6.30. The topological polar surface area (TPSA) is 112 Å². The van der Waals surface area contributed by atoms with Crippen LogP contribution < -0.4 is 10.1 Å². The first-order valence-electron chi connectivity index (χ1n) is 7.59. The van der Waals surface area contributed by atoms with Crippen molar-refractivity contribution in [2.24, 2.45) is 0 Å². The summed E-state index contributed by atoms with van der Waals surface area (Å²) < 4.78 is 10.2. The molecule has 3 N–H and O–H groups in total. The lowest BCUT2D eigenvalue weighted by molar-refractivity contribution is 0.0122. The zero-order chi connectivity index (χ0) is 18.3. The Bertz CT molecular complexity index is 604. The van der Waals surface area contributed by atoms with Crippen molar-refractivity contribution in [1.29, 1.82) is 5.26 Å². The Morgan fingerprint density at radius 2 is 2.04 bits per heavy atom. The standard InChI is InChI=1S/C17H24N2O5/c1-17(2,3)24-16(22)19-8-7-13(20)15(21)11-5-6-12(10-18)14(9-11)23-4/h5-6,9,13,15,20-21H,7-8H2,1-4H3,(H,19,22). The van der Waals surface area contributed by atoms with Gasteiger partial charge < -0.3 is 25.0 Å². The number of methoxy groups -OCH3 is 1. The van der Waals surface area contributed by atoms with Gasteiger partial charge in [-0.3, -0.25) is 0 Å². The average Bonchev–Trinajstić information content (AvgIpc) is 2.51. The molecular weight excluding hydrogens is 312 g/mol. The Labute approximate surface area is 141 Å². The second kappa shape index (κ2) is 8.52. The normalized spacial score (nSPS) is 13.5. The van der Waals surface area contributed by atoms with Crippen LogP contribution in [0.2, 0.25) is 0 Å². The summed E-state index contributed by atoms with van der Waals surface area (Å²) in [6.45, 7) is 5.41. The third kappa shape index (κ3) is 6.07. The maximum absolute atomic E-state index is 11.5. The highest BCUT2D eigenvalue weighted by Crippen LogP contribution is 2.26. The van der Waals surface area contributed by atoms with E-state index in [1.807, 2.05) is 6.07 Å². The third-order valence-electron chi connectivity index (χ3n) is 3.16. The van der Waals surface area contributed by atoms with E-state index in [0.29, 0.717) is 16.9 Å². The van der Waals surface area contributed by atoms with Crippen molar-refractivity contribution in [1.82, 2.24) is 5.32 Å². The molecule has 1 aromatic carbocycles. The molecule has 1 amide bonds. The molecule has 0 aliphatic heterocycles. The van der Waals surface area contributed by atoms with Gasteiger partial charge in [-0.1, -0.05) is 6.07 Å². The summed E-state index contributed by atoms with van der Waals surface area (Å²) in [4.78, 5) is 11.5. The summed E-state index contributed by atoms with van der Waals surface area (Å²) in [5.74, 6) is 0.327. The first kappa shape index (κ1) is 19.7. The Morgan fingerprint density at radius 1 is 1.38 bits per heavy atom. The van der Waals surface area contributed by atoms with Crippen LogP contribution in [0, 0.1) is 11.3 Å². The molecule has 0 saturated heterocycles. The van der Waals surface area contributed by atoms with Crippen LogP contribution in [0.1, 0.15) is 44.4 Å². The fourth-order valence-electron chi connectivity index (χ4n) is 2.00. The number of ether oxygens (including phenoxy) is 2. The highest BCUT2D eigenvalue weighted by molar-refractivity contribution is 5.67. The van der Waals surface area contributed by atoms with Gasteiger partial charge in [-0.15, -0.1) is 0 Å². The molecule has 1 aromatic rings. The van der Waals surface area contributed by atoms with E-state index in [0.717, 1.165) is 0 Å². The maximum Gasteiger partial charge on any atom is 0.407 e. The van der Waals surface area contributed by atoms with E-state index in [4.69, 9.17) is 14.7 Å². The molecule has 24 heavy (non-hydrogen) atoms. The minimum absolute atomic E-state index is 0.142. The van der Waals surface area contributed by atoms with E-state index < -0.39 is 23.9 Å². The zero-order valence-corrected chi connectivity index (χ0v) is 14.4. The lowest BCUT2D eigenvalue weighted by atomic mass is 10.0. The Kier molecular flexibility index (Phi) is 7.01. The minimum atomic E-state index is -1.16. The third-order valence-corrected chi connectivity index (χ3v) is 3.16. The molecule has 0 radical (unpaired) electrons. The van der Waals surface area contributed by atoms with Gasteiger partial charge in [-0.2, -0.15) is 5.26 Å². The number of hydrogen-bond acceptors (Lipinski definition) is 6. The van der Waals surface area contributed by atoms with Crippen molar-refractivity contribution in [2.45, 2.75) is 45.0 Å². The lowest BCUT2D eigenvalue weighted by Crippen LogP contribution is -2.34. The molecular formula is C17H24N2O5. The van der Waals surface area contributed by atoms with Gasteiger partial charge in [-0.05, 0) is 44.9 Å². The largest absolute Gasteiger partial charge is 0.495 e. The van der Waals surface area contributed by atoms with Crippen molar-refractivity contribution >= 4 is 6.09 Å². The highest BCUT2D eigenvalue weighted by atomic mass is 16.6. The summed E-state index contributed by atoms with van der Waals surface area (Å²) in [5.41, 5.74) is 0.173. The fourth-order valence-corrected chi connectivity index (χ4v) is 2.00. The van der Waals surface area contributed by atoms with Gasteiger partial charge in [0.05, 0.1) is 18.8 Å². The van der Waals surface area contributed by atoms with Crippen LogP contribution in [0.25, 0.3) is 0 Å². The minimum Gasteiger partial charge on any atom is -0.495 e. The van der Waals surface area contributed by atoms with Crippen LogP contribution >= 0.6 is 0 Å². The molecule has 0 spiro atoms. The first-order chi connectivity index (χ1) is 11.2. The van der Waals surface area contributed by atoms with Crippen LogP contribution in [-0.2, 0) is 4.74 Å². The first-order valence-corrected chi connectivity index (χ1v) is 7.59. The second-order valence-corrected chi connectivity index (χ2v) is 6.30. The number of nitrogens with zero attached hydrogens (tertiary/aromatic N) is 1. The van der Waals surface area contributed by atoms with Crippen LogP contribution in [0.3, 0.4) is 0 Å². The number of nitriles is 1. The van der Waals surface area contributed by atoms with E-state index in [9.17, 15) is 15.0 Å². The SMILES string of the molecule is COc1cc(C(O)C(O)CCNC(=O)OC(C)(C)C)ccc1C#N. The maximum atomic E-state index is 11.5. The number of nitrogens with one attached hydrogen (secondary N) is 1. The fraction of sp³-hybridized carbons (Fsp3) is 0.529. The number of hydrogen-bond donors (Lipinski definition) is 3. The number of rotatable bonds is 6. The lowest BCUT2D eigenvalue weighted by Gasteiger charge is -2.21. The van der Waals surface area contributed by atoms with Gasteiger partial charge in [0.25, 0.3) is 0 Å². The van der Waals surface area contributed by atoms with Crippen LogP contribution in [-0.4, -0.2) is 41.7 Å². The number of aliphatic hydroxyl groups excluding tert-OH is 2. The van der Waals surface area contributed by atoms with Gasteiger partial charge in [0.1, 0.15) is 23.5 Å². The zero-order valence-electron chi connectivity index (χ0n) is 14.4. The predicted molar refractivity (Wildman–Crippen MR) is 87.5 cm³/mol. The Hall–Kier alpha value is -2.30. The van der Waals surface area contributed by atoms with E-state index in [-0.39, 0.29) is 13.0 Å². The summed E-state index contributed by atoms with van der Waals surface area (Å²) in [6, 6.07) is 6.55. The average molecular weight is 336 g/mol. The molecule has 0 aliphatic rings. The molecule has 2 atom stereocenters. The monoisotopic (exact) mass is 336 g/mol. The van der Waals surface area contributed by atoms with Gasteiger partial charge in [0.15, 0.2) is 0 Å². The van der Waals surface area contributed by atoms with Crippen molar-refractivity contribution < 1.29 is 24.5 Å². The number of carbonyl (C=O) groups excluding carboxylic acids is 1. The van der Waals surface area contributed by atoms with Gasteiger partial charge >= 0.3 is 6.09 Å². The molecule has 0 aliphatic carbocycles. The van der Waals surface area contributed by atoms with Crippen LogP contribution in [0.5, 0.6) is 5.75 Å². The molecule has 0 bridgehead atoms. The summed E-state index contributed by atoms with van der Waals surface area (Å²) in [6.07, 6.45) is -2.68. The van der Waals surface area contributed by atoms with E-state index in [2.05, 4.69) is 5.32 Å². The molecule has 0 saturated carbocycles. The van der Waals surface area contributed by atoms with E-state index in [1.165, 1.54) is 19.2 Å². The number of aliphatic hydroxyl groups is 2. The van der Waals surface area contributed by atoms with Crippen molar-refractivity contribution in [3.63, 3.8) is 0 Å². The quantitative estimate of drug-likeness (QED) is 0.731. The molecule has 7 heteroatoms. The van der Waals surface area contributed by atoms with Gasteiger partial charge in [-0.25, -0.2) is 4.79 Å². The highest BCUT2D eigenvalue weighted by Gasteiger charge is 2.21. The van der Waals surface area contributed by atoms with Gasteiger partial charge in [0.2, 0.25) is 0 Å². The Morgan fingerprint density at radius 3 is 2.58 bits per heavy atom. The molecule has 0 fully saturated rings. The van der Waals surface area contributed by atoms with E-state index >= 15 is 0 Å². The predicted octanol–water partition coefficient (Wildman–Crippen LogP) is 1.88. The summed E-state index contributed by atoms with van der Waals surface area (Å²) in [7, 11) is 1.42. The van der Waals surface area contributed by atoms with Gasteiger partial charge in [0, 0.05) is 6.54 Å². The number of alkyl carbamates (subject to hydrolysis) is 1. The van der Waals surface area contributed by atoms with Crippen molar-refractivity contribution in [3.8, 4) is 11.8 Å². The number of carbonyl (C=O) groups is 1. The summed E-state index contributed by atoms with van der Waals surface area (Å²) in [5, 5.41) is 31.7. The molecule has 7 nitrogen and oxygen atoms in total. The van der Waals surface area contributed by atoms with Crippen LogP contribution in [0.15, 0.2) is 18.2 Å².